The summed E-state index contributed by atoms with van der Waals surface area (Å²) in [4.78, 5) is 17.3. The van der Waals surface area contributed by atoms with Crippen molar-refractivity contribution >= 4 is 5.91 Å². The van der Waals surface area contributed by atoms with Crippen molar-refractivity contribution in [3.63, 3.8) is 0 Å². The average molecular weight is 306 g/mol. The van der Waals surface area contributed by atoms with Gasteiger partial charge in [0.15, 0.2) is 0 Å². The number of amides is 1. The molecule has 2 saturated heterocycles. The molecule has 0 radical (unpaired) electrons. The number of hydrogen-bond acceptors (Lipinski definition) is 4. The van der Waals surface area contributed by atoms with Gasteiger partial charge >= 0.3 is 0 Å². The second-order valence-electron chi connectivity index (χ2n) is 6.30. The number of piperazine rings is 1. The van der Waals surface area contributed by atoms with Gasteiger partial charge in [0, 0.05) is 51.6 Å². The minimum absolute atomic E-state index is 0.0538. The molecule has 0 saturated carbocycles. The molecule has 6 nitrogen and oxygen atoms in total. The standard InChI is InChI=1S/C16H26N4O2/c1-3-5-19-6-8-20(9-7-19)16(21)14-4-10-22-15(14)13-11-17-18(2)12-13/h11-12,14-15H,3-10H2,1-2H3/t14-,15+/m0/s1. The lowest BCUT2D eigenvalue weighted by Crippen LogP contribution is -2.50. The summed E-state index contributed by atoms with van der Waals surface area (Å²) in [6.45, 7) is 7.66. The Labute approximate surface area is 132 Å². The van der Waals surface area contributed by atoms with E-state index >= 15 is 0 Å². The van der Waals surface area contributed by atoms with Crippen LogP contribution in [0.4, 0.5) is 0 Å². The van der Waals surface area contributed by atoms with Crippen molar-refractivity contribution in [2.45, 2.75) is 25.9 Å². The van der Waals surface area contributed by atoms with Gasteiger partial charge in [0.25, 0.3) is 0 Å². The summed E-state index contributed by atoms with van der Waals surface area (Å²) >= 11 is 0. The molecule has 2 aliphatic heterocycles. The van der Waals surface area contributed by atoms with Crippen molar-refractivity contribution < 1.29 is 9.53 Å². The Morgan fingerprint density at radius 3 is 2.77 bits per heavy atom. The molecule has 0 spiro atoms. The van der Waals surface area contributed by atoms with E-state index in [9.17, 15) is 4.79 Å². The maximum Gasteiger partial charge on any atom is 0.228 e. The molecule has 2 aliphatic rings. The normalized spacial score (nSPS) is 26.5. The van der Waals surface area contributed by atoms with Crippen LogP contribution in [0.2, 0.25) is 0 Å². The van der Waals surface area contributed by atoms with Gasteiger partial charge in [-0.15, -0.1) is 0 Å². The van der Waals surface area contributed by atoms with Crippen LogP contribution in [0, 0.1) is 5.92 Å². The van der Waals surface area contributed by atoms with E-state index in [1.807, 2.05) is 24.3 Å². The number of rotatable bonds is 4. The minimum Gasteiger partial charge on any atom is -0.373 e. The molecule has 3 heterocycles. The van der Waals surface area contributed by atoms with Crippen LogP contribution in [0.3, 0.4) is 0 Å². The van der Waals surface area contributed by atoms with Crippen LogP contribution >= 0.6 is 0 Å². The first-order valence-electron chi connectivity index (χ1n) is 8.30. The van der Waals surface area contributed by atoms with E-state index in [0.29, 0.717) is 6.61 Å². The van der Waals surface area contributed by atoms with E-state index in [2.05, 4.69) is 16.9 Å². The number of ether oxygens (including phenoxy) is 1. The van der Waals surface area contributed by atoms with E-state index < -0.39 is 0 Å². The molecule has 0 aromatic carbocycles. The Morgan fingerprint density at radius 2 is 2.14 bits per heavy atom. The van der Waals surface area contributed by atoms with Gasteiger partial charge in [-0.3, -0.25) is 14.4 Å². The third-order valence-electron chi connectivity index (χ3n) is 4.69. The fourth-order valence-corrected chi connectivity index (χ4v) is 3.50. The smallest absolute Gasteiger partial charge is 0.228 e. The molecule has 0 bridgehead atoms. The van der Waals surface area contributed by atoms with Crippen molar-refractivity contribution in [3.05, 3.63) is 18.0 Å². The average Bonchev–Trinajstić information content (AvgIpc) is 3.16. The Bertz CT molecular complexity index is 508. The van der Waals surface area contributed by atoms with Gasteiger partial charge in [-0.25, -0.2) is 0 Å². The molecular formula is C16H26N4O2. The predicted octanol–water partition coefficient (Wildman–Crippen LogP) is 1.05. The maximum absolute atomic E-state index is 12.9. The fourth-order valence-electron chi connectivity index (χ4n) is 3.50. The second kappa shape index (κ2) is 6.79. The molecule has 2 atom stereocenters. The highest BCUT2D eigenvalue weighted by Gasteiger charge is 2.38. The largest absolute Gasteiger partial charge is 0.373 e. The molecule has 3 rings (SSSR count). The monoisotopic (exact) mass is 306 g/mol. The molecule has 1 amide bonds. The van der Waals surface area contributed by atoms with E-state index in [1.54, 1.807) is 4.68 Å². The highest BCUT2D eigenvalue weighted by atomic mass is 16.5. The van der Waals surface area contributed by atoms with Crippen molar-refractivity contribution in [1.29, 1.82) is 0 Å². The summed E-state index contributed by atoms with van der Waals surface area (Å²) in [7, 11) is 1.89. The number of carbonyl (C=O) groups excluding carboxylic acids is 1. The predicted molar refractivity (Wildman–Crippen MR) is 83.3 cm³/mol. The SMILES string of the molecule is CCCN1CCN(C(=O)[C@H]2CCO[C@@H]2c2cnn(C)c2)CC1. The van der Waals surface area contributed by atoms with Gasteiger partial charge < -0.3 is 9.64 Å². The van der Waals surface area contributed by atoms with Crippen LogP contribution in [0.15, 0.2) is 12.4 Å². The molecule has 0 N–H and O–H groups in total. The van der Waals surface area contributed by atoms with Crippen molar-refractivity contribution in [1.82, 2.24) is 19.6 Å². The zero-order valence-corrected chi connectivity index (χ0v) is 13.6. The van der Waals surface area contributed by atoms with Gasteiger partial charge in [0.05, 0.1) is 18.2 Å². The summed E-state index contributed by atoms with van der Waals surface area (Å²) in [6, 6.07) is 0. The number of aryl methyl sites for hydroxylation is 1. The maximum atomic E-state index is 12.9. The fraction of sp³-hybridized carbons (Fsp3) is 0.750. The topological polar surface area (TPSA) is 50.6 Å². The highest BCUT2D eigenvalue weighted by Crippen LogP contribution is 2.35. The lowest BCUT2D eigenvalue weighted by molar-refractivity contribution is -0.139. The van der Waals surface area contributed by atoms with Crippen molar-refractivity contribution in [2.75, 3.05) is 39.3 Å². The Kier molecular flexibility index (Phi) is 4.78. The summed E-state index contributed by atoms with van der Waals surface area (Å²) in [5.74, 6) is 0.199. The van der Waals surface area contributed by atoms with Crippen LogP contribution in [0.1, 0.15) is 31.4 Å². The number of carbonyl (C=O) groups is 1. The van der Waals surface area contributed by atoms with E-state index in [4.69, 9.17) is 4.74 Å². The summed E-state index contributed by atoms with van der Waals surface area (Å²) in [5.41, 5.74) is 1.02. The van der Waals surface area contributed by atoms with Crippen molar-refractivity contribution in [3.8, 4) is 0 Å². The summed E-state index contributed by atoms with van der Waals surface area (Å²) in [5, 5.41) is 4.20. The number of hydrogen-bond donors (Lipinski definition) is 0. The van der Waals surface area contributed by atoms with Gasteiger partial charge in [0.1, 0.15) is 0 Å². The zero-order chi connectivity index (χ0) is 15.5. The van der Waals surface area contributed by atoms with E-state index in [1.165, 1.54) is 6.42 Å². The van der Waals surface area contributed by atoms with Gasteiger partial charge in [0.2, 0.25) is 5.91 Å². The first-order valence-corrected chi connectivity index (χ1v) is 8.30. The van der Waals surface area contributed by atoms with Crippen LogP contribution in [0.25, 0.3) is 0 Å². The molecule has 0 aliphatic carbocycles. The quantitative estimate of drug-likeness (QED) is 0.834. The third-order valence-corrected chi connectivity index (χ3v) is 4.69. The van der Waals surface area contributed by atoms with Crippen LogP contribution < -0.4 is 0 Å². The molecule has 22 heavy (non-hydrogen) atoms. The molecular weight excluding hydrogens is 280 g/mol. The molecule has 1 aromatic heterocycles. The Balaban J connectivity index is 1.62. The Morgan fingerprint density at radius 1 is 1.36 bits per heavy atom. The lowest BCUT2D eigenvalue weighted by atomic mass is 9.95. The van der Waals surface area contributed by atoms with Crippen LogP contribution in [-0.4, -0.2) is 64.8 Å². The molecule has 1 aromatic rings. The van der Waals surface area contributed by atoms with Gasteiger partial charge in [-0.1, -0.05) is 6.92 Å². The number of aromatic nitrogens is 2. The van der Waals surface area contributed by atoms with E-state index in [-0.39, 0.29) is 17.9 Å². The van der Waals surface area contributed by atoms with Crippen LogP contribution in [0.5, 0.6) is 0 Å². The van der Waals surface area contributed by atoms with E-state index in [0.717, 1.165) is 44.7 Å². The number of nitrogens with zero attached hydrogens (tertiary/aromatic N) is 4. The second-order valence-corrected chi connectivity index (χ2v) is 6.30. The first-order chi connectivity index (χ1) is 10.7. The van der Waals surface area contributed by atoms with Gasteiger partial charge in [-0.2, -0.15) is 5.10 Å². The minimum atomic E-state index is -0.130. The highest BCUT2D eigenvalue weighted by molar-refractivity contribution is 5.80. The van der Waals surface area contributed by atoms with Gasteiger partial charge in [-0.05, 0) is 19.4 Å². The van der Waals surface area contributed by atoms with Crippen molar-refractivity contribution in [2.24, 2.45) is 13.0 Å². The lowest BCUT2D eigenvalue weighted by Gasteiger charge is -2.36. The molecule has 6 heteroatoms. The molecule has 122 valence electrons. The third kappa shape index (κ3) is 3.17. The summed E-state index contributed by atoms with van der Waals surface area (Å²) < 4.78 is 7.59. The Hall–Kier alpha value is -1.40. The zero-order valence-electron chi connectivity index (χ0n) is 13.6. The first kappa shape index (κ1) is 15.5. The summed E-state index contributed by atoms with van der Waals surface area (Å²) in [6.07, 6.45) is 5.63. The molecule has 2 fully saturated rings. The molecule has 0 unspecified atom stereocenters. The van der Waals surface area contributed by atoms with Crippen LogP contribution in [-0.2, 0) is 16.6 Å².